The number of benzene rings is 3. The number of ether oxygens (including phenoxy) is 1. The number of carbonyl (C=O) groups excluding carboxylic acids is 2. The fourth-order valence-corrected chi connectivity index (χ4v) is 5.92. The van der Waals surface area contributed by atoms with Gasteiger partial charge in [0, 0.05) is 28.7 Å². The molecule has 0 aliphatic carbocycles. The molecule has 0 saturated carbocycles. The van der Waals surface area contributed by atoms with Crippen LogP contribution in [-0.2, 0) is 26.2 Å². The first kappa shape index (κ1) is 31.3. The minimum atomic E-state index is -4.22. The summed E-state index contributed by atoms with van der Waals surface area (Å²) >= 11 is 12.8. The normalized spacial score (nSPS) is 12.1. The molecule has 0 heterocycles. The van der Waals surface area contributed by atoms with Crippen LogP contribution in [0, 0.1) is 5.92 Å². The molecule has 2 amide bonds. The first-order valence-electron chi connectivity index (χ1n) is 12.7. The highest BCUT2D eigenvalue weighted by Gasteiger charge is 2.34. The first-order valence-corrected chi connectivity index (χ1v) is 14.9. The molecule has 1 atom stereocenters. The lowest BCUT2D eigenvalue weighted by Crippen LogP contribution is -2.51. The Labute approximate surface area is 245 Å². The van der Waals surface area contributed by atoms with Crippen molar-refractivity contribution in [1.29, 1.82) is 0 Å². The van der Waals surface area contributed by atoms with E-state index in [1.807, 2.05) is 13.8 Å². The summed E-state index contributed by atoms with van der Waals surface area (Å²) < 4.78 is 34.2. The van der Waals surface area contributed by atoms with Crippen molar-refractivity contribution in [3.05, 3.63) is 88.4 Å². The Morgan fingerprint density at radius 3 is 2.10 bits per heavy atom. The number of methoxy groups -OCH3 is 1. The Morgan fingerprint density at radius 1 is 0.900 bits per heavy atom. The molecular weight excluding hydrogens is 573 g/mol. The standard InChI is InChI=1S/C29H33Cl2N3O5S/c1-20(2)17-32-29(36)21(3)33(18-23-24(30)13-10-14-25(23)31)28(35)19-34(26-15-8-9-16-27(26)39-4)40(37,38)22-11-6-5-7-12-22/h5-16,20-21H,17-19H2,1-4H3,(H,32,36)/t21-/m1/s1. The van der Waals surface area contributed by atoms with Crippen LogP contribution in [0.5, 0.6) is 5.75 Å². The third-order valence-electron chi connectivity index (χ3n) is 6.21. The summed E-state index contributed by atoms with van der Waals surface area (Å²) in [5.41, 5.74) is 0.618. The Balaban J connectivity index is 2.08. The first-order chi connectivity index (χ1) is 19.0. The number of hydrogen-bond donors (Lipinski definition) is 1. The number of amides is 2. The molecule has 3 aromatic carbocycles. The van der Waals surface area contributed by atoms with Gasteiger partial charge in [0.2, 0.25) is 11.8 Å². The molecule has 0 aliphatic heterocycles. The molecule has 0 spiro atoms. The monoisotopic (exact) mass is 605 g/mol. The third kappa shape index (κ3) is 7.47. The van der Waals surface area contributed by atoms with Crippen molar-refractivity contribution in [2.75, 3.05) is 24.5 Å². The van der Waals surface area contributed by atoms with Crippen molar-refractivity contribution < 1.29 is 22.7 Å². The van der Waals surface area contributed by atoms with Crippen molar-refractivity contribution >= 4 is 50.7 Å². The molecule has 0 aliphatic rings. The third-order valence-corrected chi connectivity index (χ3v) is 8.69. The van der Waals surface area contributed by atoms with E-state index >= 15 is 0 Å². The summed E-state index contributed by atoms with van der Waals surface area (Å²) in [5, 5.41) is 3.48. The van der Waals surface area contributed by atoms with E-state index in [0.29, 0.717) is 22.2 Å². The van der Waals surface area contributed by atoms with Gasteiger partial charge >= 0.3 is 0 Å². The summed E-state index contributed by atoms with van der Waals surface area (Å²) in [4.78, 5) is 28.4. The van der Waals surface area contributed by atoms with Crippen molar-refractivity contribution in [1.82, 2.24) is 10.2 Å². The van der Waals surface area contributed by atoms with Gasteiger partial charge in [0.25, 0.3) is 10.0 Å². The van der Waals surface area contributed by atoms with Crippen LogP contribution in [0.2, 0.25) is 10.0 Å². The van der Waals surface area contributed by atoms with Crippen LogP contribution in [-0.4, -0.2) is 51.4 Å². The molecule has 0 saturated heterocycles. The summed E-state index contributed by atoms with van der Waals surface area (Å²) in [5.74, 6) is -0.567. The molecule has 40 heavy (non-hydrogen) atoms. The highest BCUT2D eigenvalue weighted by atomic mass is 35.5. The van der Waals surface area contributed by atoms with Crippen LogP contribution in [0.25, 0.3) is 0 Å². The second-order valence-corrected chi connectivity index (χ2v) is 12.2. The van der Waals surface area contributed by atoms with Crippen LogP contribution < -0.4 is 14.4 Å². The maximum Gasteiger partial charge on any atom is 0.264 e. The van der Waals surface area contributed by atoms with Crippen molar-refractivity contribution in [3.63, 3.8) is 0 Å². The van der Waals surface area contributed by atoms with E-state index < -0.39 is 28.5 Å². The van der Waals surface area contributed by atoms with E-state index in [4.69, 9.17) is 27.9 Å². The van der Waals surface area contributed by atoms with E-state index in [1.54, 1.807) is 67.6 Å². The van der Waals surface area contributed by atoms with Gasteiger partial charge in [-0.3, -0.25) is 13.9 Å². The number of halogens is 2. The Kier molecular flexibility index (Phi) is 10.8. The van der Waals surface area contributed by atoms with Gasteiger partial charge in [-0.2, -0.15) is 0 Å². The van der Waals surface area contributed by atoms with E-state index in [2.05, 4.69) is 5.32 Å². The lowest BCUT2D eigenvalue weighted by Gasteiger charge is -2.32. The minimum absolute atomic E-state index is 0.00266. The van der Waals surface area contributed by atoms with Crippen LogP contribution in [0.1, 0.15) is 26.3 Å². The number of carbonyl (C=O) groups is 2. The highest BCUT2D eigenvalue weighted by Crippen LogP contribution is 2.33. The predicted octanol–water partition coefficient (Wildman–Crippen LogP) is 5.39. The molecule has 0 fully saturated rings. The van der Waals surface area contributed by atoms with Gasteiger partial charge in [0.1, 0.15) is 18.3 Å². The van der Waals surface area contributed by atoms with Gasteiger partial charge in [-0.05, 0) is 49.2 Å². The van der Waals surface area contributed by atoms with Crippen molar-refractivity contribution in [3.8, 4) is 5.75 Å². The van der Waals surface area contributed by atoms with Crippen molar-refractivity contribution in [2.45, 2.75) is 38.3 Å². The quantitative estimate of drug-likeness (QED) is 0.299. The average Bonchev–Trinajstić information content (AvgIpc) is 2.94. The Morgan fingerprint density at radius 2 is 1.50 bits per heavy atom. The average molecular weight is 607 g/mol. The lowest BCUT2D eigenvalue weighted by molar-refractivity contribution is -0.139. The number of sulfonamides is 1. The lowest BCUT2D eigenvalue weighted by atomic mass is 10.1. The van der Waals surface area contributed by atoms with Gasteiger partial charge in [-0.25, -0.2) is 8.42 Å². The molecule has 3 aromatic rings. The Bertz CT molecular complexity index is 1410. The molecule has 0 aromatic heterocycles. The number of rotatable bonds is 12. The maximum absolute atomic E-state index is 14.0. The van der Waals surface area contributed by atoms with Crippen LogP contribution >= 0.6 is 23.2 Å². The largest absolute Gasteiger partial charge is 0.495 e. The zero-order valence-electron chi connectivity index (χ0n) is 22.8. The second-order valence-electron chi connectivity index (χ2n) is 9.53. The van der Waals surface area contributed by atoms with Crippen molar-refractivity contribution in [2.24, 2.45) is 5.92 Å². The van der Waals surface area contributed by atoms with Gasteiger partial charge in [-0.1, -0.05) is 73.4 Å². The fourth-order valence-electron chi connectivity index (χ4n) is 3.96. The summed E-state index contributed by atoms with van der Waals surface area (Å²) in [6, 6.07) is 18.3. The SMILES string of the molecule is COc1ccccc1N(CC(=O)N(Cc1c(Cl)cccc1Cl)[C@H](C)C(=O)NCC(C)C)S(=O)(=O)c1ccccc1. The zero-order chi connectivity index (χ0) is 29.4. The molecule has 8 nitrogen and oxygen atoms in total. The number of nitrogens with zero attached hydrogens (tertiary/aromatic N) is 2. The van der Waals surface area contributed by atoms with E-state index in [9.17, 15) is 18.0 Å². The van der Waals surface area contributed by atoms with E-state index in [-0.39, 0.29) is 34.7 Å². The highest BCUT2D eigenvalue weighted by molar-refractivity contribution is 7.92. The molecule has 0 bridgehead atoms. The van der Waals surface area contributed by atoms with Gasteiger partial charge < -0.3 is 15.0 Å². The predicted molar refractivity (Wildman–Crippen MR) is 158 cm³/mol. The fraction of sp³-hybridized carbons (Fsp3) is 0.310. The summed E-state index contributed by atoms with van der Waals surface area (Å²) in [6.07, 6.45) is 0. The molecule has 11 heteroatoms. The number of nitrogens with one attached hydrogen (secondary N) is 1. The van der Waals surface area contributed by atoms with Crippen LogP contribution in [0.15, 0.2) is 77.7 Å². The number of hydrogen-bond acceptors (Lipinski definition) is 5. The van der Waals surface area contributed by atoms with E-state index in [1.165, 1.54) is 24.1 Å². The number of anilines is 1. The maximum atomic E-state index is 14.0. The van der Waals surface area contributed by atoms with Crippen LogP contribution in [0.3, 0.4) is 0 Å². The molecule has 1 N–H and O–H groups in total. The summed E-state index contributed by atoms with van der Waals surface area (Å²) in [7, 11) is -2.80. The van der Waals surface area contributed by atoms with Gasteiger partial charge in [-0.15, -0.1) is 0 Å². The smallest absolute Gasteiger partial charge is 0.264 e. The minimum Gasteiger partial charge on any atom is -0.495 e. The molecular formula is C29H33Cl2N3O5S. The molecule has 214 valence electrons. The topological polar surface area (TPSA) is 96.0 Å². The van der Waals surface area contributed by atoms with Crippen LogP contribution in [0.4, 0.5) is 5.69 Å². The number of para-hydroxylation sites is 2. The second kappa shape index (κ2) is 13.9. The Hall–Kier alpha value is -3.27. The molecule has 0 radical (unpaired) electrons. The summed E-state index contributed by atoms with van der Waals surface area (Å²) in [6.45, 7) is 5.18. The van der Waals surface area contributed by atoms with Gasteiger partial charge in [0.05, 0.1) is 17.7 Å². The zero-order valence-corrected chi connectivity index (χ0v) is 25.1. The molecule has 3 rings (SSSR count). The molecule has 0 unspecified atom stereocenters. The van der Waals surface area contributed by atoms with Gasteiger partial charge in [0.15, 0.2) is 0 Å². The van der Waals surface area contributed by atoms with E-state index in [0.717, 1.165) is 4.31 Å².